The van der Waals surface area contributed by atoms with Crippen molar-refractivity contribution in [1.29, 1.82) is 0 Å². The van der Waals surface area contributed by atoms with E-state index in [9.17, 15) is 4.79 Å². The van der Waals surface area contributed by atoms with Gasteiger partial charge >= 0.3 is 0 Å². The highest BCUT2D eigenvalue weighted by atomic mass is 16.2. The molecular formula is C24H28N6O. The van der Waals surface area contributed by atoms with Crippen molar-refractivity contribution in [2.24, 2.45) is 16.4 Å². The van der Waals surface area contributed by atoms with Crippen LogP contribution in [0.5, 0.6) is 0 Å². The first-order valence-electron chi connectivity index (χ1n) is 10.7. The van der Waals surface area contributed by atoms with Crippen molar-refractivity contribution in [2.45, 2.75) is 46.6 Å². The van der Waals surface area contributed by atoms with Crippen molar-refractivity contribution in [1.82, 2.24) is 25.6 Å². The Kier molecular flexibility index (Phi) is 5.93. The lowest BCUT2D eigenvalue weighted by Gasteiger charge is -2.34. The molecule has 1 N–H and O–H groups in total. The molecule has 0 saturated heterocycles. The Labute approximate surface area is 182 Å². The summed E-state index contributed by atoms with van der Waals surface area (Å²) >= 11 is 0. The minimum Gasteiger partial charge on any atom is -0.267 e. The molecule has 31 heavy (non-hydrogen) atoms. The molecule has 4 rings (SSSR count). The predicted octanol–water partition coefficient (Wildman–Crippen LogP) is 4.32. The van der Waals surface area contributed by atoms with Crippen LogP contribution in [0.2, 0.25) is 0 Å². The van der Waals surface area contributed by atoms with Crippen LogP contribution >= 0.6 is 0 Å². The summed E-state index contributed by atoms with van der Waals surface area (Å²) in [6.45, 7) is 7.23. The van der Waals surface area contributed by atoms with Gasteiger partial charge in [0, 0.05) is 16.8 Å². The molecule has 1 aromatic heterocycles. The van der Waals surface area contributed by atoms with Crippen LogP contribution in [-0.4, -0.2) is 31.8 Å². The van der Waals surface area contributed by atoms with Gasteiger partial charge in [-0.2, -0.15) is 9.90 Å². The molecule has 1 fully saturated rings. The SMILES string of the molecule is C[C@@H]1C/C(=N\NC(=O)c2ccc(Cn3nnc(-c4ccccc4)n3)cc2)CC(C)(C)C1. The lowest BCUT2D eigenvalue weighted by atomic mass is 9.72. The van der Waals surface area contributed by atoms with E-state index in [2.05, 4.69) is 46.7 Å². The minimum absolute atomic E-state index is 0.194. The second kappa shape index (κ2) is 8.79. The fraction of sp³-hybridized carbons (Fsp3) is 0.375. The number of hydrazone groups is 1. The largest absolute Gasteiger partial charge is 0.271 e. The number of rotatable bonds is 5. The Morgan fingerprint density at radius 3 is 2.61 bits per heavy atom. The molecule has 1 heterocycles. The number of nitrogens with one attached hydrogen (secondary N) is 1. The summed E-state index contributed by atoms with van der Waals surface area (Å²) in [7, 11) is 0. The van der Waals surface area contributed by atoms with Crippen LogP contribution in [0.4, 0.5) is 0 Å². The Morgan fingerprint density at radius 1 is 1.16 bits per heavy atom. The van der Waals surface area contributed by atoms with Crippen LogP contribution in [0.15, 0.2) is 59.7 Å². The van der Waals surface area contributed by atoms with Gasteiger partial charge in [0.15, 0.2) is 0 Å². The minimum atomic E-state index is -0.194. The first kappa shape index (κ1) is 20.9. The van der Waals surface area contributed by atoms with Gasteiger partial charge < -0.3 is 0 Å². The molecule has 0 radical (unpaired) electrons. The van der Waals surface area contributed by atoms with E-state index in [-0.39, 0.29) is 11.3 Å². The number of amides is 1. The maximum absolute atomic E-state index is 12.5. The van der Waals surface area contributed by atoms with E-state index in [1.165, 1.54) is 6.42 Å². The molecule has 1 amide bonds. The molecule has 1 aliphatic carbocycles. The number of hydrogen-bond acceptors (Lipinski definition) is 5. The summed E-state index contributed by atoms with van der Waals surface area (Å²) in [5, 5.41) is 17.1. The molecule has 7 nitrogen and oxygen atoms in total. The predicted molar refractivity (Wildman–Crippen MR) is 120 cm³/mol. The third-order valence-corrected chi connectivity index (χ3v) is 5.51. The van der Waals surface area contributed by atoms with Crippen molar-refractivity contribution < 1.29 is 4.79 Å². The number of nitrogens with zero attached hydrogens (tertiary/aromatic N) is 5. The van der Waals surface area contributed by atoms with Crippen LogP contribution < -0.4 is 5.43 Å². The standard InChI is InChI=1S/C24H28N6O/c1-17-13-21(15-24(2,3)14-17)25-27-23(31)20-11-9-18(10-12-20)16-30-28-22(26-29-30)19-7-5-4-6-8-19/h4-12,17H,13-16H2,1-3H3,(H,27,31)/b25-21+/t17-/m1/s1. The molecule has 7 heteroatoms. The highest BCUT2D eigenvalue weighted by Gasteiger charge is 2.29. The zero-order valence-electron chi connectivity index (χ0n) is 18.2. The van der Waals surface area contributed by atoms with Crippen molar-refractivity contribution in [2.75, 3.05) is 0 Å². The van der Waals surface area contributed by atoms with E-state index in [4.69, 9.17) is 0 Å². The molecule has 1 atom stereocenters. The summed E-state index contributed by atoms with van der Waals surface area (Å²) in [6.07, 6.45) is 3.06. The molecule has 1 aliphatic rings. The van der Waals surface area contributed by atoms with Gasteiger partial charge in [-0.25, -0.2) is 5.43 Å². The van der Waals surface area contributed by atoms with Crippen LogP contribution in [0, 0.1) is 11.3 Å². The molecule has 0 unspecified atom stereocenters. The highest BCUT2D eigenvalue weighted by molar-refractivity contribution is 5.95. The molecule has 1 saturated carbocycles. The van der Waals surface area contributed by atoms with Gasteiger partial charge in [-0.3, -0.25) is 4.79 Å². The molecular weight excluding hydrogens is 388 g/mol. The van der Waals surface area contributed by atoms with Gasteiger partial charge in [0.05, 0.1) is 6.54 Å². The van der Waals surface area contributed by atoms with Gasteiger partial charge in [0.25, 0.3) is 5.91 Å². The van der Waals surface area contributed by atoms with E-state index in [1.807, 2.05) is 42.5 Å². The second-order valence-corrected chi connectivity index (χ2v) is 9.18. The topological polar surface area (TPSA) is 85.1 Å². The molecule has 160 valence electrons. The molecule has 2 aromatic carbocycles. The summed E-state index contributed by atoms with van der Waals surface area (Å²) in [6, 6.07) is 17.1. The van der Waals surface area contributed by atoms with Crippen molar-refractivity contribution >= 4 is 11.6 Å². The van der Waals surface area contributed by atoms with Crippen molar-refractivity contribution in [3.63, 3.8) is 0 Å². The number of benzene rings is 2. The van der Waals surface area contributed by atoms with Crippen LogP contribution in [-0.2, 0) is 6.54 Å². The van der Waals surface area contributed by atoms with E-state index in [0.717, 1.165) is 29.7 Å². The van der Waals surface area contributed by atoms with Gasteiger partial charge in [0.2, 0.25) is 5.82 Å². The Morgan fingerprint density at radius 2 is 1.90 bits per heavy atom. The first-order chi connectivity index (χ1) is 14.9. The average molecular weight is 417 g/mol. The fourth-order valence-electron chi connectivity index (χ4n) is 4.33. The van der Waals surface area contributed by atoms with Gasteiger partial charge in [-0.15, -0.1) is 10.2 Å². The number of aromatic nitrogens is 4. The highest BCUT2D eigenvalue weighted by Crippen LogP contribution is 2.36. The van der Waals surface area contributed by atoms with Crippen LogP contribution in [0.25, 0.3) is 11.4 Å². The Bertz CT molecular complexity index is 1070. The normalized spacial score (nSPS) is 19.3. The zero-order chi connectivity index (χ0) is 21.8. The summed E-state index contributed by atoms with van der Waals surface area (Å²) < 4.78 is 0. The molecule has 0 aliphatic heterocycles. The van der Waals surface area contributed by atoms with Crippen molar-refractivity contribution in [3.8, 4) is 11.4 Å². The van der Waals surface area contributed by atoms with E-state index in [0.29, 0.717) is 23.9 Å². The lowest BCUT2D eigenvalue weighted by molar-refractivity contribution is 0.0954. The van der Waals surface area contributed by atoms with Gasteiger partial charge in [0.1, 0.15) is 0 Å². The van der Waals surface area contributed by atoms with Crippen molar-refractivity contribution in [3.05, 3.63) is 65.7 Å². The summed E-state index contributed by atoms with van der Waals surface area (Å²) in [5.41, 5.74) is 6.53. The quantitative estimate of drug-likeness (QED) is 0.628. The molecule has 0 bridgehead atoms. The lowest BCUT2D eigenvalue weighted by Crippen LogP contribution is -2.30. The maximum atomic E-state index is 12.5. The number of hydrogen-bond donors (Lipinski definition) is 1. The van der Waals surface area contributed by atoms with E-state index >= 15 is 0 Å². The van der Waals surface area contributed by atoms with Crippen LogP contribution in [0.3, 0.4) is 0 Å². The molecule has 0 spiro atoms. The number of carbonyl (C=O) groups is 1. The monoisotopic (exact) mass is 416 g/mol. The Hall–Kier alpha value is -3.35. The number of carbonyl (C=O) groups excluding carboxylic acids is 1. The third-order valence-electron chi connectivity index (χ3n) is 5.51. The average Bonchev–Trinajstić information content (AvgIpc) is 3.20. The molecule has 3 aromatic rings. The summed E-state index contributed by atoms with van der Waals surface area (Å²) in [4.78, 5) is 14.1. The summed E-state index contributed by atoms with van der Waals surface area (Å²) in [5.74, 6) is 0.989. The third kappa shape index (κ3) is 5.42. The second-order valence-electron chi connectivity index (χ2n) is 9.18. The van der Waals surface area contributed by atoms with E-state index in [1.54, 1.807) is 16.9 Å². The van der Waals surface area contributed by atoms with Gasteiger partial charge in [-0.1, -0.05) is 63.2 Å². The number of tetrazole rings is 1. The smallest absolute Gasteiger partial charge is 0.267 e. The zero-order valence-corrected chi connectivity index (χ0v) is 18.2. The van der Waals surface area contributed by atoms with Gasteiger partial charge in [-0.05, 0) is 53.5 Å². The maximum Gasteiger partial charge on any atom is 0.271 e. The first-order valence-corrected chi connectivity index (χ1v) is 10.7. The van der Waals surface area contributed by atoms with E-state index < -0.39 is 0 Å². The Balaban J connectivity index is 1.36. The van der Waals surface area contributed by atoms with Crippen LogP contribution in [0.1, 0.15) is 56.0 Å². The fourth-order valence-corrected chi connectivity index (χ4v) is 4.33.